The Morgan fingerprint density at radius 2 is 1.96 bits per heavy atom. The third kappa shape index (κ3) is 4.08. The number of ether oxygens (including phenoxy) is 1. The highest BCUT2D eigenvalue weighted by Crippen LogP contribution is 2.34. The largest absolute Gasteiger partial charge is 0.496 e. The quantitative estimate of drug-likeness (QED) is 0.575. The number of methoxy groups -OCH3 is 1. The first kappa shape index (κ1) is 18.9. The molecule has 0 aliphatic carbocycles. The molecule has 0 radical (unpaired) electrons. The van der Waals surface area contributed by atoms with Crippen molar-refractivity contribution in [3.8, 4) is 5.75 Å². The van der Waals surface area contributed by atoms with Crippen LogP contribution < -0.4 is 4.74 Å². The maximum atomic E-state index is 12.7. The van der Waals surface area contributed by atoms with E-state index in [1.807, 2.05) is 31.3 Å². The summed E-state index contributed by atoms with van der Waals surface area (Å²) in [5.74, 6) is 0.396. The summed E-state index contributed by atoms with van der Waals surface area (Å²) in [4.78, 5) is 31.1. The van der Waals surface area contributed by atoms with E-state index in [2.05, 4.69) is 4.90 Å². The van der Waals surface area contributed by atoms with Crippen LogP contribution in [-0.2, 0) is 9.59 Å². The summed E-state index contributed by atoms with van der Waals surface area (Å²) in [5.41, 5.74) is 0.806. The normalized spacial score (nSPS) is 20.2. The number of hydrogen-bond donors (Lipinski definition) is 0. The third-order valence-corrected chi connectivity index (χ3v) is 5.83. The van der Waals surface area contributed by atoms with Crippen LogP contribution in [0.15, 0.2) is 29.2 Å². The molecular formula is C18H21N3O3S2. The molecule has 26 heavy (non-hydrogen) atoms. The van der Waals surface area contributed by atoms with Crippen LogP contribution in [0, 0.1) is 0 Å². The fourth-order valence-electron chi connectivity index (χ4n) is 2.85. The molecule has 0 unspecified atom stereocenters. The molecule has 2 amide bonds. The Hall–Kier alpha value is -1.90. The minimum atomic E-state index is -0.228. The van der Waals surface area contributed by atoms with Crippen molar-refractivity contribution in [3.63, 3.8) is 0 Å². The first-order valence-corrected chi connectivity index (χ1v) is 9.57. The molecule has 2 aliphatic heterocycles. The van der Waals surface area contributed by atoms with E-state index in [1.165, 1.54) is 16.7 Å². The number of thioether (sulfide) groups is 1. The van der Waals surface area contributed by atoms with E-state index in [0.717, 1.165) is 18.7 Å². The van der Waals surface area contributed by atoms with Crippen molar-refractivity contribution >= 4 is 46.2 Å². The molecule has 1 aromatic rings. The molecule has 138 valence electrons. The summed E-state index contributed by atoms with van der Waals surface area (Å²) < 4.78 is 5.74. The second-order valence-electron chi connectivity index (χ2n) is 6.19. The van der Waals surface area contributed by atoms with Crippen LogP contribution in [0.4, 0.5) is 0 Å². The second-order valence-corrected chi connectivity index (χ2v) is 7.87. The fraction of sp³-hybridized carbons (Fsp3) is 0.389. The van der Waals surface area contributed by atoms with Gasteiger partial charge >= 0.3 is 0 Å². The van der Waals surface area contributed by atoms with Crippen molar-refractivity contribution in [3.05, 3.63) is 34.7 Å². The number of hydrogen-bond acceptors (Lipinski definition) is 6. The summed E-state index contributed by atoms with van der Waals surface area (Å²) in [5, 5.41) is 0. The summed E-state index contributed by atoms with van der Waals surface area (Å²) in [7, 11) is 3.62. The van der Waals surface area contributed by atoms with E-state index < -0.39 is 0 Å². The van der Waals surface area contributed by atoms with Crippen molar-refractivity contribution in [1.82, 2.24) is 14.7 Å². The van der Waals surface area contributed by atoms with Crippen molar-refractivity contribution < 1.29 is 14.3 Å². The van der Waals surface area contributed by atoms with Gasteiger partial charge in [-0.3, -0.25) is 14.5 Å². The lowest BCUT2D eigenvalue weighted by atomic mass is 10.2. The monoisotopic (exact) mass is 391 g/mol. The molecule has 2 aliphatic rings. The van der Waals surface area contributed by atoms with Gasteiger partial charge in [0.25, 0.3) is 5.91 Å². The van der Waals surface area contributed by atoms with E-state index >= 15 is 0 Å². The topological polar surface area (TPSA) is 53.1 Å². The zero-order valence-corrected chi connectivity index (χ0v) is 16.4. The van der Waals surface area contributed by atoms with Gasteiger partial charge in [-0.2, -0.15) is 0 Å². The summed E-state index contributed by atoms with van der Waals surface area (Å²) >= 11 is 6.55. The van der Waals surface area contributed by atoms with E-state index in [0.29, 0.717) is 28.1 Å². The number of carbonyl (C=O) groups is 2. The number of piperazine rings is 1. The predicted octanol–water partition coefficient (Wildman–Crippen LogP) is 1.67. The molecule has 2 heterocycles. The first-order chi connectivity index (χ1) is 12.5. The lowest BCUT2D eigenvalue weighted by Gasteiger charge is -2.33. The van der Waals surface area contributed by atoms with Gasteiger partial charge in [0.1, 0.15) is 16.6 Å². The van der Waals surface area contributed by atoms with Gasteiger partial charge in [0.05, 0.1) is 12.0 Å². The van der Waals surface area contributed by atoms with Crippen LogP contribution in [0.3, 0.4) is 0 Å². The Bertz CT molecular complexity index is 758. The number of thiocarbonyl (C=S) groups is 1. The van der Waals surface area contributed by atoms with E-state index in [9.17, 15) is 9.59 Å². The van der Waals surface area contributed by atoms with Crippen molar-refractivity contribution in [2.24, 2.45) is 0 Å². The molecule has 2 fully saturated rings. The minimum Gasteiger partial charge on any atom is -0.496 e. The molecule has 6 nitrogen and oxygen atoms in total. The Morgan fingerprint density at radius 1 is 1.27 bits per heavy atom. The predicted molar refractivity (Wildman–Crippen MR) is 107 cm³/mol. The summed E-state index contributed by atoms with van der Waals surface area (Å²) in [6.45, 7) is 3.05. The van der Waals surface area contributed by atoms with Gasteiger partial charge in [-0.25, -0.2) is 0 Å². The smallest absolute Gasteiger partial charge is 0.266 e. The fourth-order valence-corrected chi connectivity index (χ4v) is 4.10. The third-order valence-electron chi connectivity index (χ3n) is 4.45. The average molecular weight is 392 g/mol. The van der Waals surface area contributed by atoms with Crippen LogP contribution in [0.1, 0.15) is 5.56 Å². The number of rotatable bonds is 4. The number of likely N-dealkylation sites (N-methyl/N-ethyl adjacent to an activating group) is 1. The number of benzene rings is 1. The molecule has 8 heteroatoms. The zero-order valence-electron chi connectivity index (χ0n) is 14.8. The van der Waals surface area contributed by atoms with Crippen molar-refractivity contribution in [2.75, 3.05) is 46.9 Å². The lowest BCUT2D eigenvalue weighted by molar-refractivity contribution is -0.136. The highest BCUT2D eigenvalue weighted by molar-refractivity contribution is 8.26. The Labute approximate surface area is 162 Å². The van der Waals surface area contributed by atoms with Gasteiger partial charge in [0.2, 0.25) is 5.91 Å². The molecule has 0 atom stereocenters. The Morgan fingerprint density at radius 3 is 2.65 bits per heavy atom. The van der Waals surface area contributed by atoms with Crippen LogP contribution in [-0.4, -0.2) is 77.7 Å². The standard InChI is InChI=1S/C18H21N3O3S2/c1-19-7-9-20(10-8-19)16(22)12-21-17(23)15(26-18(21)25)11-13-5-3-4-6-14(13)24-2/h3-6,11H,7-10,12H2,1-2H3/b15-11+. The van der Waals surface area contributed by atoms with Gasteiger partial charge in [-0.15, -0.1) is 0 Å². The van der Waals surface area contributed by atoms with Gasteiger partial charge in [-0.05, 0) is 19.2 Å². The molecule has 0 aromatic heterocycles. The molecular weight excluding hydrogens is 370 g/mol. The lowest BCUT2D eigenvalue weighted by Crippen LogP contribution is -2.50. The maximum Gasteiger partial charge on any atom is 0.266 e. The molecule has 1 aromatic carbocycles. The van der Waals surface area contributed by atoms with Gasteiger partial charge in [0.15, 0.2) is 0 Å². The van der Waals surface area contributed by atoms with Crippen LogP contribution >= 0.6 is 24.0 Å². The van der Waals surface area contributed by atoms with Crippen LogP contribution in [0.25, 0.3) is 6.08 Å². The molecule has 0 saturated carbocycles. The zero-order chi connectivity index (χ0) is 18.7. The molecule has 0 spiro atoms. The van der Waals surface area contributed by atoms with Crippen LogP contribution in [0.2, 0.25) is 0 Å². The van der Waals surface area contributed by atoms with Gasteiger partial charge in [0, 0.05) is 31.7 Å². The first-order valence-electron chi connectivity index (χ1n) is 8.34. The second kappa shape index (κ2) is 8.20. The molecule has 0 bridgehead atoms. The molecule has 0 N–H and O–H groups in total. The SMILES string of the molecule is COc1ccccc1/C=C1/SC(=S)N(CC(=O)N2CCN(C)CC2)C1=O. The van der Waals surface area contributed by atoms with Gasteiger partial charge < -0.3 is 14.5 Å². The maximum absolute atomic E-state index is 12.7. The summed E-state index contributed by atoms with van der Waals surface area (Å²) in [6.07, 6.45) is 1.76. The average Bonchev–Trinajstić information content (AvgIpc) is 2.90. The number of para-hydroxylation sites is 1. The van der Waals surface area contributed by atoms with Gasteiger partial charge in [-0.1, -0.05) is 42.2 Å². The molecule has 2 saturated heterocycles. The van der Waals surface area contributed by atoms with Crippen molar-refractivity contribution in [1.29, 1.82) is 0 Å². The molecule has 3 rings (SSSR count). The van der Waals surface area contributed by atoms with E-state index in [4.69, 9.17) is 17.0 Å². The Balaban J connectivity index is 1.71. The van der Waals surface area contributed by atoms with E-state index in [1.54, 1.807) is 18.1 Å². The minimum absolute atomic E-state index is 0.00234. The van der Waals surface area contributed by atoms with E-state index in [-0.39, 0.29) is 18.4 Å². The highest BCUT2D eigenvalue weighted by atomic mass is 32.2. The highest BCUT2D eigenvalue weighted by Gasteiger charge is 2.34. The van der Waals surface area contributed by atoms with Crippen LogP contribution in [0.5, 0.6) is 5.75 Å². The Kier molecular flexibility index (Phi) is 5.95. The summed E-state index contributed by atoms with van der Waals surface area (Å²) in [6, 6.07) is 7.46. The number of carbonyl (C=O) groups excluding carboxylic acids is 2. The number of nitrogens with zero attached hydrogens (tertiary/aromatic N) is 3. The number of amides is 2. The van der Waals surface area contributed by atoms with Crippen molar-refractivity contribution in [2.45, 2.75) is 0 Å².